The van der Waals surface area contributed by atoms with E-state index in [1.807, 2.05) is 0 Å². The van der Waals surface area contributed by atoms with Crippen LogP contribution in [0.3, 0.4) is 0 Å². The first kappa shape index (κ1) is 44.3. The summed E-state index contributed by atoms with van der Waals surface area (Å²) in [6.07, 6.45) is 0. The SMILES string of the molecule is [Ca].[Co].[Fe].[K].[Mn].[Ni]. The molecule has 0 saturated carbocycles. The Labute approximate surface area is 152 Å². The van der Waals surface area contributed by atoms with Crippen LogP contribution in [0.2, 0.25) is 0 Å². The first-order valence-electron chi connectivity index (χ1n) is 0. The van der Waals surface area contributed by atoms with Gasteiger partial charge < -0.3 is 0 Å². The molecule has 0 unspecified atom stereocenters. The van der Waals surface area contributed by atoms with E-state index in [1.54, 1.807) is 0 Å². The van der Waals surface area contributed by atoms with Crippen LogP contribution in [0.4, 0.5) is 0 Å². The fourth-order valence-corrected chi connectivity index (χ4v) is 0. The van der Waals surface area contributed by atoms with Crippen LogP contribution >= 0.6 is 0 Å². The Balaban J connectivity index is 0. The summed E-state index contributed by atoms with van der Waals surface area (Å²) in [6, 6.07) is 0. The number of rotatable bonds is 0. The molecule has 0 aliphatic heterocycles. The molecule has 0 aromatic carbocycles. The first-order chi connectivity index (χ1) is 0. The Hall–Kier alpha value is 4.94. The van der Waals surface area contributed by atoms with Crippen LogP contribution in [0, 0.1) is 0 Å². The fraction of sp³-hybridized carbons (Fsp3) is 0. The average molecular weight is 308 g/mol. The molecule has 0 heterocycles. The third-order valence-electron chi connectivity index (χ3n) is 0. The molecule has 0 aliphatic rings. The molecular formula is CaCoFeKMnNi. The molecule has 5 radical (unpaired) electrons. The molecule has 0 rings (SSSR count). The summed E-state index contributed by atoms with van der Waals surface area (Å²) >= 11 is 0. The molecule has 0 aliphatic carbocycles. The maximum absolute atomic E-state index is 0. The van der Waals surface area contributed by atoms with E-state index in [-0.39, 0.29) is 157 Å². The molecule has 0 nitrogen and oxygen atoms in total. The summed E-state index contributed by atoms with van der Waals surface area (Å²) in [4.78, 5) is 0. The summed E-state index contributed by atoms with van der Waals surface area (Å²) in [6.45, 7) is 0. The summed E-state index contributed by atoms with van der Waals surface area (Å²) in [5.74, 6) is 0. The van der Waals surface area contributed by atoms with Gasteiger partial charge in [0.25, 0.3) is 0 Å². The minimum atomic E-state index is 0. The normalized spacial score (nSPS) is 0. The van der Waals surface area contributed by atoms with E-state index in [0.717, 1.165) is 0 Å². The van der Waals surface area contributed by atoms with Crippen molar-refractivity contribution in [3.05, 3.63) is 0 Å². The van der Waals surface area contributed by atoms with E-state index in [1.165, 1.54) is 0 Å². The third-order valence-corrected chi connectivity index (χ3v) is 0. The summed E-state index contributed by atoms with van der Waals surface area (Å²) in [5.41, 5.74) is 0. The van der Waals surface area contributed by atoms with E-state index in [2.05, 4.69) is 0 Å². The summed E-state index contributed by atoms with van der Waals surface area (Å²) in [7, 11) is 0. The van der Waals surface area contributed by atoms with Crippen molar-refractivity contribution < 1.29 is 67.4 Å². The predicted molar refractivity (Wildman–Crippen MR) is 11.5 cm³/mol. The predicted octanol–water partition coefficient (Wildman–Crippen LogP) is -0.772. The van der Waals surface area contributed by atoms with Crippen molar-refractivity contribution in [2.24, 2.45) is 0 Å². The zero-order chi connectivity index (χ0) is 0. The van der Waals surface area contributed by atoms with Gasteiger partial charge in [-0.15, -0.1) is 0 Å². The Morgan fingerprint density at radius 1 is 1.00 bits per heavy atom. The molecule has 0 amide bonds. The van der Waals surface area contributed by atoms with Gasteiger partial charge in [-0.25, -0.2) is 0 Å². The minimum Gasteiger partial charge on any atom is 0 e. The van der Waals surface area contributed by atoms with Crippen molar-refractivity contribution >= 4 is 89.1 Å². The van der Waals surface area contributed by atoms with Crippen LogP contribution in [0.15, 0.2) is 0 Å². The molecule has 0 aromatic rings. The second-order valence-corrected chi connectivity index (χ2v) is 0. The van der Waals surface area contributed by atoms with Crippen molar-refractivity contribution in [3.8, 4) is 0 Å². The van der Waals surface area contributed by atoms with Gasteiger partial charge in [-0.05, 0) is 0 Å². The molecule has 0 spiro atoms. The second-order valence-electron chi connectivity index (χ2n) is 0. The number of hydrogen-bond donors (Lipinski definition) is 0. The quantitative estimate of drug-likeness (QED) is 0.516. The van der Waals surface area contributed by atoms with Gasteiger partial charge in [0.05, 0.1) is 0 Å². The van der Waals surface area contributed by atoms with Crippen LogP contribution < -0.4 is 0 Å². The monoisotopic (exact) mass is 307 g/mol. The van der Waals surface area contributed by atoms with Crippen molar-refractivity contribution in [3.63, 3.8) is 0 Å². The van der Waals surface area contributed by atoms with Crippen LogP contribution in [0.25, 0.3) is 0 Å². The Bertz CT molecular complexity index is 15.5. The van der Waals surface area contributed by atoms with E-state index in [4.69, 9.17) is 0 Å². The molecule has 0 N–H and O–H groups in total. The van der Waals surface area contributed by atoms with Crippen molar-refractivity contribution in [1.29, 1.82) is 0 Å². The van der Waals surface area contributed by atoms with Gasteiger partial charge in [0.15, 0.2) is 0 Å². The molecule has 0 aromatic heterocycles. The van der Waals surface area contributed by atoms with Gasteiger partial charge in [0, 0.05) is 157 Å². The van der Waals surface area contributed by atoms with Gasteiger partial charge in [-0.3, -0.25) is 0 Å². The van der Waals surface area contributed by atoms with E-state index in [0.29, 0.717) is 0 Å². The Morgan fingerprint density at radius 2 is 1.00 bits per heavy atom. The molecule has 0 fully saturated rings. The number of hydrogen-bond acceptors (Lipinski definition) is 0. The topological polar surface area (TPSA) is 0 Å². The zero-order valence-electron chi connectivity index (χ0n) is 3.09. The third kappa shape index (κ3) is 23.1. The molecule has 0 atom stereocenters. The van der Waals surface area contributed by atoms with E-state index < -0.39 is 0 Å². The molecular weight excluding hydrogens is 308 g/mol. The molecule has 37 valence electrons. The first-order valence-corrected chi connectivity index (χ1v) is 0. The largest absolute Gasteiger partial charge is 0 e. The van der Waals surface area contributed by atoms with Gasteiger partial charge >= 0.3 is 0 Å². The Kier molecular flexibility index (Phi) is 241. The molecule has 6 heavy (non-hydrogen) atoms. The zero-order valence-corrected chi connectivity index (χ0v) is 12.7. The van der Waals surface area contributed by atoms with Gasteiger partial charge in [0.2, 0.25) is 0 Å². The average Bonchev–Trinajstić information content (AvgIpc) is 0. The molecule has 0 saturated heterocycles. The second kappa shape index (κ2) is 32.6. The summed E-state index contributed by atoms with van der Waals surface area (Å²) < 4.78 is 0. The fourth-order valence-electron chi connectivity index (χ4n) is 0. The Morgan fingerprint density at radius 3 is 1.00 bits per heavy atom. The smallest absolute Gasteiger partial charge is 0 e. The van der Waals surface area contributed by atoms with E-state index >= 15 is 0 Å². The summed E-state index contributed by atoms with van der Waals surface area (Å²) in [5, 5.41) is 0. The van der Waals surface area contributed by atoms with Crippen LogP contribution in [-0.4, -0.2) is 89.1 Å². The maximum Gasteiger partial charge on any atom is 0 e. The van der Waals surface area contributed by atoms with Crippen molar-refractivity contribution in [2.75, 3.05) is 0 Å². The van der Waals surface area contributed by atoms with Crippen LogP contribution in [0.5, 0.6) is 0 Å². The van der Waals surface area contributed by atoms with E-state index in [9.17, 15) is 0 Å². The maximum atomic E-state index is 0. The van der Waals surface area contributed by atoms with Gasteiger partial charge in [-0.2, -0.15) is 0 Å². The van der Waals surface area contributed by atoms with Crippen LogP contribution in [0.1, 0.15) is 0 Å². The van der Waals surface area contributed by atoms with Gasteiger partial charge in [0.1, 0.15) is 0 Å². The van der Waals surface area contributed by atoms with Crippen LogP contribution in [-0.2, 0) is 67.4 Å². The molecule has 6 heteroatoms. The standard InChI is InChI=1S/Ca.Co.Fe.K.Mn.Ni. The molecule has 0 bridgehead atoms. The van der Waals surface area contributed by atoms with Gasteiger partial charge in [-0.1, -0.05) is 0 Å². The van der Waals surface area contributed by atoms with Crippen molar-refractivity contribution in [1.82, 2.24) is 0 Å². The van der Waals surface area contributed by atoms with Crippen molar-refractivity contribution in [2.45, 2.75) is 0 Å². The minimum absolute atomic E-state index is 0.